The number of aliphatic imine (C=N–C) groups is 1. The van der Waals surface area contributed by atoms with Gasteiger partial charge in [0.2, 0.25) is 5.96 Å². The van der Waals surface area contributed by atoms with E-state index in [1.54, 1.807) is 0 Å². The molecule has 2 aliphatic rings. The van der Waals surface area contributed by atoms with Crippen LogP contribution in [0.15, 0.2) is 4.99 Å². The molecular weight excluding hydrogens is 214 g/mol. The van der Waals surface area contributed by atoms with Crippen LogP contribution < -0.4 is 11.3 Å². The smallest absolute Gasteiger partial charge is 0.208 e. The first-order valence-corrected chi connectivity index (χ1v) is 6.78. The second-order valence-electron chi connectivity index (χ2n) is 5.09. The summed E-state index contributed by atoms with van der Waals surface area (Å²) < 4.78 is 0. The van der Waals surface area contributed by atoms with E-state index in [-0.39, 0.29) is 0 Å². The van der Waals surface area contributed by atoms with Gasteiger partial charge < -0.3 is 4.90 Å². The van der Waals surface area contributed by atoms with Gasteiger partial charge in [0.1, 0.15) is 0 Å². The maximum absolute atomic E-state index is 5.58. The van der Waals surface area contributed by atoms with Gasteiger partial charge in [0.25, 0.3) is 0 Å². The van der Waals surface area contributed by atoms with Gasteiger partial charge in [-0.3, -0.25) is 15.3 Å². The highest BCUT2D eigenvalue weighted by atomic mass is 15.4. The average Bonchev–Trinajstić information content (AvgIpc) is 2.35. The predicted molar refractivity (Wildman–Crippen MR) is 70.7 cm³/mol. The van der Waals surface area contributed by atoms with Gasteiger partial charge >= 0.3 is 0 Å². The van der Waals surface area contributed by atoms with Gasteiger partial charge in [-0.1, -0.05) is 6.42 Å². The van der Waals surface area contributed by atoms with Gasteiger partial charge in [0.05, 0.1) is 0 Å². The fourth-order valence-electron chi connectivity index (χ4n) is 3.02. The minimum absolute atomic E-state index is 0.491. The van der Waals surface area contributed by atoms with Gasteiger partial charge in [-0.2, -0.15) is 0 Å². The van der Waals surface area contributed by atoms with Crippen molar-refractivity contribution in [3.63, 3.8) is 0 Å². The number of fused-ring (bicyclic) bond motifs is 1. The molecule has 0 bridgehead atoms. The number of hydrogen-bond donors (Lipinski definition) is 2. The number of guanidine groups is 1. The van der Waals surface area contributed by atoms with Crippen LogP contribution in [0.2, 0.25) is 0 Å². The minimum atomic E-state index is 0.491. The Bertz CT molecular complexity index is 278. The second-order valence-corrected chi connectivity index (χ2v) is 5.09. The van der Waals surface area contributed by atoms with Crippen molar-refractivity contribution in [2.24, 2.45) is 10.8 Å². The number of hydrogen-bond acceptors (Lipinski definition) is 3. The topological polar surface area (TPSA) is 56.9 Å². The lowest BCUT2D eigenvalue weighted by atomic mass is 9.97. The summed E-state index contributed by atoms with van der Waals surface area (Å²) in [6, 6.07) is 1.18. The molecule has 2 fully saturated rings. The zero-order chi connectivity index (χ0) is 12.3. The molecule has 0 aromatic heterocycles. The lowest BCUT2D eigenvalue weighted by molar-refractivity contribution is 0.0485. The Hall–Kier alpha value is -0.810. The first-order valence-electron chi connectivity index (χ1n) is 6.78. The van der Waals surface area contributed by atoms with Crippen LogP contribution in [0.25, 0.3) is 0 Å². The molecular formula is C12H25N5. The molecule has 0 aromatic carbocycles. The van der Waals surface area contributed by atoms with Crippen molar-refractivity contribution in [3.05, 3.63) is 0 Å². The van der Waals surface area contributed by atoms with Crippen LogP contribution in [-0.2, 0) is 0 Å². The normalized spacial score (nSPS) is 31.2. The van der Waals surface area contributed by atoms with E-state index in [2.05, 4.69) is 27.1 Å². The maximum Gasteiger partial charge on any atom is 0.208 e. The first kappa shape index (κ1) is 12.6. The van der Waals surface area contributed by atoms with Gasteiger partial charge in [0, 0.05) is 31.7 Å². The lowest BCUT2D eigenvalue weighted by Crippen LogP contribution is -2.62. The number of piperazine rings is 1. The molecule has 5 nitrogen and oxygen atoms in total. The number of nitrogens with zero attached hydrogens (tertiary/aromatic N) is 3. The molecule has 2 atom stereocenters. The summed E-state index contributed by atoms with van der Waals surface area (Å²) in [4.78, 5) is 9.40. The van der Waals surface area contributed by atoms with Crippen LogP contribution in [0.4, 0.5) is 0 Å². The standard InChI is InChI=1S/C12H25N5/c1-3-14-12(15-13)17-9-11-6-4-5-7-16(11)8-10(17)2/h10-11H,3-9,13H2,1-2H3,(H,14,15). The highest BCUT2D eigenvalue weighted by Crippen LogP contribution is 2.23. The van der Waals surface area contributed by atoms with E-state index in [1.807, 2.05) is 6.92 Å². The van der Waals surface area contributed by atoms with Crippen molar-refractivity contribution < 1.29 is 0 Å². The molecule has 0 saturated carbocycles. The van der Waals surface area contributed by atoms with Gasteiger partial charge in [0.15, 0.2) is 0 Å². The third-order valence-electron chi connectivity index (χ3n) is 3.90. The Labute approximate surface area is 104 Å². The molecule has 0 aliphatic carbocycles. The Morgan fingerprint density at radius 2 is 2.24 bits per heavy atom. The average molecular weight is 239 g/mol. The Balaban J connectivity index is 2.05. The Kier molecular flexibility index (Phi) is 4.23. The summed E-state index contributed by atoms with van der Waals surface area (Å²) in [7, 11) is 0. The summed E-state index contributed by atoms with van der Waals surface area (Å²) in [6.45, 7) is 8.53. The molecule has 2 unspecified atom stereocenters. The third-order valence-corrected chi connectivity index (χ3v) is 3.90. The minimum Gasteiger partial charge on any atom is -0.336 e. The quantitative estimate of drug-likeness (QED) is 0.301. The van der Waals surface area contributed by atoms with Crippen molar-refractivity contribution in [1.82, 2.24) is 15.2 Å². The number of piperidine rings is 1. The maximum atomic E-state index is 5.58. The molecule has 2 saturated heterocycles. The Morgan fingerprint density at radius 1 is 1.41 bits per heavy atom. The van der Waals surface area contributed by atoms with Crippen LogP contribution in [0.3, 0.4) is 0 Å². The van der Waals surface area contributed by atoms with Crippen LogP contribution in [0.1, 0.15) is 33.1 Å². The fraction of sp³-hybridized carbons (Fsp3) is 0.917. The van der Waals surface area contributed by atoms with E-state index in [0.29, 0.717) is 12.1 Å². The van der Waals surface area contributed by atoms with Crippen LogP contribution in [0.5, 0.6) is 0 Å². The second kappa shape index (κ2) is 5.69. The summed E-state index contributed by atoms with van der Waals surface area (Å²) >= 11 is 0. The van der Waals surface area contributed by atoms with Gasteiger partial charge in [-0.15, -0.1) is 0 Å². The van der Waals surface area contributed by atoms with E-state index in [9.17, 15) is 0 Å². The largest absolute Gasteiger partial charge is 0.336 e. The summed E-state index contributed by atoms with van der Waals surface area (Å²) in [5, 5.41) is 0. The molecule has 17 heavy (non-hydrogen) atoms. The number of rotatable bonds is 1. The predicted octanol–water partition coefficient (Wildman–Crippen LogP) is 0.384. The summed E-state index contributed by atoms with van der Waals surface area (Å²) in [5.74, 6) is 6.44. The molecule has 2 aliphatic heterocycles. The zero-order valence-electron chi connectivity index (χ0n) is 11.0. The number of nitrogens with two attached hydrogens (primary N) is 1. The summed E-state index contributed by atoms with van der Waals surface area (Å²) in [5.41, 5.74) is 2.76. The number of hydrazine groups is 1. The molecule has 5 heteroatoms. The molecule has 0 aromatic rings. The monoisotopic (exact) mass is 239 g/mol. The van der Waals surface area contributed by atoms with E-state index in [4.69, 9.17) is 5.84 Å². The first-order chi connectivity index (χ1) is 8.26. The van der Waals surface area contributed by atoms with Crippen LogP contribution in [0, 0.1) is 0 Å². The van der Waals surface area contributed by atoms with Crippen molar-refractivity contribution in [1.29, 1.82) is 0 Å². The molecule has 0 radical (unpaired) electrons. The van der Waals surface area contributed by atoms with Crippen molar-refractivity contribution in [2.75, 3.05) is 26.2 Å². The zero-order valence-corrected chi connectivity index (χ0v) is 11.0. The Morgan fingerprint density at radius 3 is 2.94 bits per heavy atom. The van der Waals surface area contributed by atoms with E-state index in [0.717, 1.165) is 25.6 Å². The van der Waals surface area contributed by atoms with E-state index in [1.165, 1.54) is 25.8 Å². The van der Waals surface area contributed by atoms with Gasteiger partial charge in [-0.05, 0) is 33.2 Å². The summed E-state index contributed by atoms with van der Waals surface area (Å²) in [6.07, 6.45) is 4.03. The molecule has 2 rings (SSSR count). The molecule has 0 amide bonds. The van der Waals surface area contributed by atoms with Crippen LogP contribution in [-0.4, -0.2) is 54.0 Å². The molecule has 2 heterocycles. The third kappa shape index (κ3) is 2.72. The lowest BCUT2D eigenvalue weighted by Gasteiger charge is -2.48. The van der Waals surface area contributed by atoms with Crippen LogP contribution >= 0.6 is 0 Å². The fourth-order valence-corrected chi connectivity index (χ4v) is 3.02. The van der Waals surface area contributed by atoms with Crippen molar-refractivity contribution >= 4 is 5.96 Å². The van der Waals surface area contributed by atoms with Gasteiger partial charge in [-0.25, -0.2) is 5.84 Å². The highest BCUT2D eigenvalue weighted by Gasteiger charge is 2.34. The SMILES string of the molecule is CCN=C(NN)N1CC2CCCCN2CC1C. The molecule has 0 spiro atoms. The number of nitrogens with one attached hydrogen (secondary N) is 1. The molecule has 98 valence electrons. The van der Waals surface area contributed by atoms with E-state index >= 15 is 0 Å². The molecule has 3 N–H and O–H groups in total. The van der Waals surface area contributed by atoms with Crippen molar-refractivity contribution in [3.8, 4) is 0 Å². The highest BCUT2D eigenvalue weighted by molar-refractivity contribution is 5.79. The van der Waals surface area contributed by atoms with E-state index < -0.39 is 0 Å². The van der Waals surface area contributed by atoms with Crippen molar-refractivity contribution in [2.45, 2.75) is 45.2 Å².